The van der Waals surface area contributed by atoms with E-state index in [-0.39, 0.29) is 5.82 Å². The van der Waals surface area contributed by atoms with E-state index in [1.54, 1.807) is 6.07 Å². The predicted octanol–water partition coefficient (Wildman–Crippen LogP) is 2.12. The third-order valence-corrected chi connectivity index (χ3v) is 5.00. The van der Waals surface area contributed by atoms with Crippen molar-refractivity contribution in [2.24, 2.45) is 0 Å². The number of halogens is 1. The summed E-state index contributed by atoms with van der Waals surface area (Å²) in [7, 11) is 0. The normalized spacial score (nSPS) is 20.7. The average Bonchev–Trinajstić information content (AvgIpc) is 3.12. The molecule has 0 aliphatic carbocycles. The van der Waals surface area contributed by atoms with Gasteiger partial charge in [-0.15, -0.1) is 0 Å². The van der Waals surface area contributed by atoms with Crippen LogP contribution in [0.1, 0.15) is 29.3 Å². The molecule has 6 nitrogen and oxygen atoms in total. The van der Waals surface area contributed by atoms with E-state index in [0.717, 1.165) is 38.3 Å². The average molecular weight is 372 g/mol. The summed E-state index contributed by atoms with van der Waals surface area (Å²) in [6.07, 6.45) is -0.0514. The Morgan fingerprint density at radius 3 is 3.04 bits per heavy atom. The van der Waals surface area contributed by atoms with Crippen LogP contribution in [0, 0.1) is 5.82 Å². The van der Waals surface area contributed by atoms with Crippen LogP contribution < -0.4 is 20.9 Å². The number of hydrogen-bond donors (Lipinski definition) is 4. The molecule has 27 heavy (non-hydrogen) atoms. The Labute approximate surface area is 158 Å². The van der Waals surface area contributed by atoms with Crippen LogP contribution in [0.3, 0.4) is 0 Å². The fourth-order valence-electron chi connectivity index (χ4n) is 3.56. The fraction of sp³-hybridized carbons (Fsp3) is 0.400. The van der Waals surface area contributed by atoms with E-state index >= 15 is 0 Å². The number of hydrazine groups is 1. The lowest BCUT2D eigenvalue weighted by molar-refractivity contribution is 0.134. The third-order valence-electron chi connectivity index (χ3n) is 5.00. The molecule has 7 heteroatoms. The van der Waals surface area contributed by atoms with Gasteiger partial charge in [0.25, 0.3) is 0 Å². The fourth-order valence-corrected chi connectivity index (χ4v) is 3.56. The lowest BCUT2D eigenvalue weighted by Gasteiger charge is -2.22. The maximum absolute atomic E-state index is 13.6. The second-order valence-electron chi connectivity index (χ2n) is 6.99. The topological polar surface area (TPSA) is 68.8 Å². The van der Waals surface area contributed by atoms with Gasteiger partial charge in [-0.2, -0.15) is 0 Å². The molecule has 2 aromatic rings. The van der Waals surface area contributed by atoms with Gasteiger partial charge in [-0.3, -0.25) is 10.2 Å². The number of rotatable bonds is 2. The number of ether oxygens (including phenoxy) is 1. The zero-order valence-electron chi connectivity index (χ0n) is 15.2. The second kappa shape index (κ2) is 8.22. The van der Waals surface area contributed by atoms with Gasteiger partial charge in [-0.25, -0.2) is 9.82 Å². The highest BCUT2D eigenvalue weighted by atomic mass is 19.1. The summed E-state index contributed by atoms with van der Waals surface area (Å²) >= 11 is 0. The highest BCUT2D eigenvalue weighted by Crippen LogP contribution is 2.26. The minimum absolute atomic E-state index is 0.380. The molecule has 144 valence electrons. The SMILES string of the molecule is OC1NCCCN(Cc2ccc3c(c2)NNC3)CCOc2ccc(F)cc21. The van der Waals surface area contributed by atoms with Crippen LogP contribution in [-0.2, 0) is 13.1 Å². The molecule has 0 saturated heterocycles. The first-order valence-corrected chi connectivity index (χ1v) is 9.36. The largest absolute Gasteiger partial charge is 0.492 e. The summed E-state index contributed by atoms with van der Waals surface area (Å²) in [6.45, 7) is 4.45. The first-order valence-electron chi connectivity index (χ1n) is 9.36. The number of anilines is 1. The Morgan fingerprint density at radius 1 is 1.19 bits per heavy atom. The van der Waals surface area contributed by atoms with Crippen molar-refractivity contribution in [3.8, 4) is 5.75 Å². The number of hydrogen-bond acceptors (Lipinski definition) is 6. The van der Waals surface area contributed by atoms with Gasteiger partial charge in [0.1, 0.15) is 24.4 Å². The molecule has 2 aliphatic rings. The first-order chi connectivity index (χ1) is 13.2. The third kappa shape index (κ3) is 4.39. The van der Waals surface area contributed by atoms with Gasteiger partial charge < -0.3 is 15.3 Å². The van der Waals surface area contributed by atoms with Gasteiger partial charge in [-0.05, 0) is 54.9 Å². The molecule has 0 amide bonds. The van der Waals surface area contributed by atoms with Gasteiger partial charge >= 0.3 is 0 Å². The highest BCUT2D eigenvalue weighted by Gasteiger charge is 2.17. The molecule has 2 aliphatic heterocycles. The first kappa shape index (κ1) is 18.2. The monoisotopic (exact) mass is 372 g/mol. The molecule has 0 fully saturated rings. The molecule has 0 aromatic heterocycles. The number of fused-ring (bicyclic) bond motifs is 2. The molecule has 2 aromatic carbocycles. The summed E-state index contributed by atoms with van der Waals surface area (Å²) < 4.78 is 19.4. The van der Waals surface area contributed by atoms with E-state index in [4.69, 9.17) is 4.74 Å². The zero-order valence-corrected chi connectivity index (χ0v) is 15.2. The standard InChI is InChI=1S/C20H25FN4O2/c21-16-4-5-19-17(11-16)20(26)22-6-1-7-25(8-9-27-19)13-14-2-3-15-12-23-24-18(15)10-14/h2-5,10-11,20,22-24,26H,1,6-9,12-13H2. The van der Waals surface area contributed by atoms with Crippen LogP contribution in [0.4, 0.5) is 10.1 Å². The van der Waals surface area contributed by atoms with Crippen LogP contribution in [0.25, 0.3) is 0 Å². The summed E-state index contributed by atoms with van der Waals surface area (Å²) in [5, 5.41) is 13.4. The molecule has 0 radical (unpaired) electrons. The number of benzene rings is 2. The van der Waals surface area contributed by atoms with Gasteiger partial charge in [0.15, 0.2) is 0 Å². The van der Waals surface area contributed by atoms with Crippen LogP contribution in [0.5, 0.6) is 5.75 Å². The van der Waals surface area contributed by atoms with Crippen molar-refractivity contribution in [3.05, 3.63) is 58.9 Å². The molecular weight excluding hydrogens is 347 g/mol. The molecule has 1 unspecified atom stereocenters. The van der Waals surface area contributed by atoms with Crippen molar-refractivity contribution in [1.82, 2.24) is 15.6 Å². The minimum Gasteiger partial charge on any atom is -0.492 e. The van der Waals surface area contributed by atoms with Crippen LogP contribution in [0.15, 0.2) is 36.4 Å². The molecular formula is C20H25FN4O2. The summed E-state index contributed by atoms with van der Waals surface area (Å²) in [4.78, 5) is 2.34. The number of aliphatic hydroxyl groups excluding tert-OH is 1. The van der Waals surface area contributed by atoms with Crippen molar-refractivity contribution < 1.29 is 14.2 Å². The van der Waals surface area contributed by atoms with Gasteiger partial charge in [0, 0.05) is 25.2 Å². The summed E-state index contributed by atoms with van der Waals surface area (Å²) in [6, 6.07) is 10.8. The van der Waals surface area contributed by atoms with E-state index < -0.39 is 6.23 Å². The van der Waals surface area contributed by atoms with Crippen molar-refractivity contribution in [2.45, 2.75) is 25.7 Å². The van der Waals surface area contributed by atoms with Crippen LogP contribution in [0.2, 0.25) is 0 Å². The van der Waals surface area contributed by atoms with Gasteiger partial charge in [-0.1, -0.05) is 12.1 Å². The quantitative estimate of drug-likeness (QED) is 0.648. The molecule has 0 spiro atoms. The Balaban J connectivity index is 1.45. The highest BCUT2D eigenvalue weighted by molar-refractivity contribution is 5.55. The summed E-state index contributed by atoms with van der Waals surface area (Å²) in [5.41, 5.74) is 10.4. The Morgan fingerprint density at radius 2 is 2.11 bits per heavy atom. The van der Waals surface area contributed by atoms with Crippen molar-refractivity contribution in [2.75, 3.05) is 31.7 Å². The molecule has 0 saturated carbocycles. The lowest BCUT2D eigenvalue weighted by Crippen LogP contribution is -2.30. The maximum atomic E-state index is 13.6. The second-order valence-corrected chi connectivity index (χ2v) is 6.99. The number of aliphatic hydroxyl groups is 1. The summed E-state index contributed by atoms with van der Waals surface area (Å²) in [5.74, 6) is 0.139. The minimum atomic E-state index is -0.933. The molecule has 4 rings (SSSR count). The lowest BCUT2D eigenvalue weighted by atomic mass is 10.1. The van der Waals surface area contributed by atoms with E-state index in [1.165, 1.54) is 23.3 Å². The van der Waals surface area contributed by atoms with Crippen LogP contribution in [-0.4, -0.2) is 36.2 Å². The van der Waals surface area contributed by atoms with Gasteiger partial charge in [0.2, 0.25) is 0 Å². The molecule has 4 N–H and O–H groups in total. The Kier molecular flexibility index (Phi) is 5.54. The smallest absolute Gasteiger partial charge is 0.134 e. The number of nitrogens with one attached hydrogen (secondary N) is 3. The van der Waals surface area contributed by atoms with E-state index in [1.807, 2.05) is 0 Å². The van der Waals surface area contributed by atoms with E-state index in [2.05, 4.69) is 39.3 Å². The number of nitrogens with zero attached hydrogens (tertiary/aromatic N) is 1. The van der Waals surface area contributed by atoms with Crippen molar-refractivity contribution >= 4 is 5.69 Å². The maximum Gasteiger partial charge on any atom is 0.134 e. The molecule has 0 bridgehead atoms. The van der Waals surface area contributed by atoms with E-state index in [9.17, 15) is 9.50 Å². The zero-order chi connectivity index (χ0) is 18.6. The van der Waals surface area contributed by atoms with Gasteiger partial charge in [0.05, 0.1) is 5.69 Å². The Bertz CT molecular complexity index is 802. The predicted molar refractivity (Wildman–Crippen MR) is 102 cm³/mol. The van der Waals surface area contributed by atoms with Crippen LogP contribution >= 0.6 is 0 Å². The van der Waals surface area contributed by atoms with E-state index in [0.29, 0.717) is 24.5 Å². The molecule has 2 heterocycles. The Hall–Kier alpha value is -2.19. The van der Waals surface area contributed by atoms with Crippen molar-refractivity contribution in [3.63, 3.8) is 0 Å². The molecule has 1 atom stereocenters. The van der Waals surface area contributed by atoms with Crippen molar-refractivity contribution in [1.29, 1.82) is 0 Å².